The van der Waals surface area contributed by atoms with Crippen molar-refractivity contribution in [1.29, 1.82) is 0 Å². The number of alkyl halides is 3. The average molecular weight is 375 g/mol. The third-order valence-corrected chi connectivity index (χ3v) is 4.15. The Bertz CT molecular complexity index is 890. The van der Waals surface area contributed by atoms with E-state index in [-0.39, 0.29) is 11.5 Å². The summed E-state index contributed by atoms with van der Waals surface area (Å²) in [5.74, 6) is -1.14. The Labute approximate surface area is 153 Å². The molecule has 1 aliphatic heterocycles. The van der Waals surface area contributed by atoms with Gasteiger partial charge in [0.1, 0.15) is 0 Å². The zero-order valence-electron chi connectivity index (χ0n) is 14.2. The van der Waals surface area contributed by atoms with Gasteiger partial charge >= 0.3 is 12.1 Å². The van der Waals surface area contributed by atoms with Gasteiger partial charge in [-0.3, -0.25) is 4.79 Å². The molecule has 1 aliphatic rings. The third-order valence-electron chi connectivity index (χ3n) is 4.15. The fraction of sp³-hybridized carbons (Fsp3) is 0.200. The van der Waals surface area contributed by atoms with Crippen LogP contribution in [-0.4, -0.2) is 25.0 Å². The van der Waals surface area contributed by atoms with Gasteiger partial charge in [0.2, 0.25) is 0 Å². The summed E-state index contributed by atoms with van der Waals surface area (Å²) in [7, 11) is 0. The van der Waals surface area contributed by atoms with Crippen molar-refractivity contribution in [2.75, 3.05) is 18.1 Å². The molecule has 7 heteroatoms. The molecule has 0 atom stereocenters. The van der Waals surface area contributed by atoms with Crippen molar-refractivity contribution in [3.05, 3.63) is 71.3 Å². The second-order valence-corrected chi connectivity index (χ2v) is 5.99. The highest BCUT2D eigenvalue weighted by Gasteiger charge is 2.30. The molecular weight excluding hydrogens is 359 g/mol. The van der Waals surface area contributed by atoms with E-state index in [1.165, 1.54) is 18.2 Å². The number of benzene rings is 2. The van der Waals surface area contributed by atoms with Crippen LogP contribution in [0.1, 0.15) is 16.7 Å². The Hall–Kier alpha value is -3.09. The minimum atomic E-state index is -4.46. The van der Waals surface area contributed by atoms with Gasteiger partial charge in [-0.25, -0.2) is 4.79 Å². The van der Waals surface area contributed by atoms with Crippen LogP contribution in [0.3, 0.4) is 0 Å². The van der Waals surface area contributed by atoms with Crippen LogP contribution in [-0.2, 0) is 26.9 Å². The molecule has 0 spiro atoms. The monoisotopic (exact) mass is 375 g/mol. The Kier molecular flexibility index (Phi) is 5.30. The van der Waals surface area contributed by atoms with Gasteiger partial charge < -0.3 is 9.64 Å². The second-order valence-electron chi connectivity index (χ2n) is 5.99. The first-order valence-electron chi connectivity index (χ1n) is 8.25. The number of hydrogen-bond donors (Lipinski definition) is 0. The van der Waals surface area contributed by atoms with E-state index < -0.39 is 24.3 Å². The molecule has 3 rings (SSSR count). The van der Waals surface area contributed by atoms with Crippen LogP contribution in [0.5, 0.6) is 0 Å². The smallest absolute Gasteiger partial charge is 0.416 e. The van der Waals surface area contributed by atoms with Crippen LogP contribution in [0.25, 0.3) is 6.08 Å². The molecule has 4 nitrogen and oxygen atoms in total. The Balaban J connectivity index is 1.56. The Morgan fingerprint density at radius 1 is 1.11 bits per heavy atom. The highest BCUT2D eigenvalue weighted by Crippen LogP contribution is 2.30. The van der Waals surface area contributed by atoms with Gasteiger partial charge in [0, 0.05) is 18.3 Å². The van der Waals surface area contributed by atoms with Crippen molar-refractivity contribution in [1.82, 2.24) is 0 Å². The fourth-order valence-electron chi connectivity index (χ4n) is 2.84. The lowest BCUT2D eigenvalue weighted by Crippen LogP contribution is -2.33. The first kappa shape index (κ1) is 18.7. The lowest BCUT2D eigenvalue weighted by atomic mass is 10.1. The van der Waals surface area contributed by atoms with Crippen LogP contribution in [0, 0.1) is 0 Å². The van der Waals surface area contributed by atoms with E-state index >= 15 is 0 Å². The van der Waals surface area contributed by atoms with E-state index in [1.54, 1.807) is 4.90 Å². The number of para-hydroxylation sites is 1. The van der Waals surface area contributed by atoms with Gasteiger partial charge in [0.25, 0.3) is 5.91 Å². The standard InChI is InChI=1S/C20H16F3NO3/c21-20(22,23)16-6-3-4-14(12-16)8-9-19(26)27-13-18(25)24-11-10-15-5-1-2-7-17(15)24/h1-9,12H,10-11,13H2/b9-8+. The molecule has 0 saturated carbocycles. The lowest BCUT2D eigenvalue weighted by molar-refractivity contribution is -0.142. The molecule has 0 saturated heterocycles. The van der Waals surface area contributed by atoms with Crippen LogP contribution in [0.4, 0.5) is 18.9 Å². The molecule has 140 valence electrons. The SMILES string of the molecule is O=C(/C=C/c1cccc(C(F)(F)F)c1)OCC(=O)N1CCc2ccccc21. The van der Waals surface area contributed by atoms with Crippen LogP contribution >= 0.6 is 0 Å². The molecule has 0 unspecified atom stereocenters. The first-order valence-corrected chi connectivity index (χ1v) is 8.25. The number of esters is 1. The lowest BCUT2D eigenvalue weighted by Gasteiger charge is -2.16. The summed E-state index contributed by atoms with van der Waals surface area (Å²) in [6, 6.07) is 12.0. The molecule has 0 aliphatic carbocycles. The van der Waals surface area contributed by atoms with Gasteiger partial charge in [0.05, 0.1) is 5.56 Å². The summed E-state index contributed by atoms with van der Waals surface area (Å²) in [5, 5.41) is 0. The van der Waals surface area contributed by atoms with Gasteiger partial charge in [-0.2, -0.15) is 13.2 Å². The summed E-state index contributed by atoms with van der Waals surface area (Å²) in [5.41, 5.74) is 1.27. The zero-order valence-corrected chi connectivity index (χ0v) is 14.2. The fourth-order valence-corrected chi connectivity index (χ4v) is 2.84. The summed E-state index contributed by atoms with van der Waals surface area (Å²) in [6.45, 7) is 0.0932. The van der Waals surface area contributed by atoms with E-state index in [9.17, 15) is 22.8 Å². The van der Waals surface area contributed by atoms with Crippen molar-refractivity contribution < 1.29 is 27.5 Å². The third kappa shape index (κ3) is 4.55. The molecule has 2 aromatic rings. The number of anilines is 1. The molecule has 1 heterocycles. The number of fused-ring (bicyclic) bond motifs is 1. The molecule has 27 heavy (non-hydrogen) atoms. The van der Waals surface area contributed by atoms with E-state index in [4.69, 9.17) is 4.74 Å². The van der Waals surface area contributed by atoms with Crippen molar-refractivity contribution in [2.24, 2.45) is 0 Å². The summed E-state index contributed by atoms with van der Waals surface area (Å²) in [4.78, 5) is 25.6. The quantitative estimate of drug-likeness (QED) is 0.602. The number of rotatable bonds is 4. The Morgan fingerprint density at radius 2 is 1.89 bits per heavy atom. The first-order chi connectivity index (χ1) is 12.8. The van der Waals surface area contributed by atoms with E-state index in [2.05, 4.69) is 0 Å². The molecule has 1 amide bonds. The maximum Gasteiger partial charge on any atom is 0.416 e. The predicted octanol–water partition coefficient (Wildman–Crippen LogP) is 3.85. The molecular formula is C20H16F3NO3. The van der Waals surface area contributed by atoms with E-state index in [0.29, 0.717) is 6.54 Å². The zero-order chi connectivity index (χ0) is 19.4. The number of hydrogen-bond acceptors (Lipinski definition) is 3. The highest BCUT2D eigenvalue weighted by atomic mass is 19.4. The minimum absolute atomic E-state index is 0.210. The Morgan fingerprint density at radius 3 is 2.67 bits per heavy atom. The highest BCUT2D eigenvalue weighted by molar-refractivity contribution is 5.98. The molecule has 0 fully saturated rings. The number of nitrogens with zero attached hydrogens (tertiary/aromatic N) is 1. The number of carbonyl (C=O) groups is 2. The molecule has 2 aromatic carbocycles. The number of amides is 1. The van der Waals surface area contributed by atoms with Gasteiger partial charge in [0.15, 0.2) is 6.61 Å². The second kappa shape index (κ2) is 7.65. The minimum Gasteiger partial charge on any atom is -0.452 e. The van der Waals surface area contributed by atoms with E-state index in [0.717, 1.165) is 35.9 Å². The van der Waals surface area contributed by atoms with Gasteiger partial charge in [-0.05, 0) is 41.8 Å². The topological polar surface area (TPSA) is 46.6 Å². The van der Waals surface area contributed by atoms with Crippen molar-refractivity contribution in [2.45, 2.75) is 12.6 Å². The van der Waals surface area contributed by atoms with Crippen molar-refractivity contribution in [3.8, 4) is 0 Å². The summed E-state index contributed by atoms with van der Waals surface area (Å²) >= 11 is 0. The molecule has 0 radical (unpaired) electrons. The normalized spacial score (nSPS) is 13.7. The van der Waals surface area contributed by atoms with E-state index in [1.807, 2.05) is 24.3 Å². The van der Waals surface area contributed by atoms with Crippen LogP contribution < -0.4 is 4.90 Å². The maximum atomic E-state index is 12.7. The van der Waals surface area contributed by atoms with Crippen molar-refractivity contribution in [3.63, 3.8) is 0 Å². The average Bonchev–Trinajstić information content (AvgIpc) is 3.08. The van der Waals surface area contributed by atoms with Gasteiger partial charge in [-0.15, -0.1) is 0 Å². The summed E-state index contributed by atoms with van der Waals surface area (Å²) < 4.78 is 42.9. The van der Waals surface area contributed by atoms with Crippen molar-refractivity contribution >= 4 is 23.6 Å². The van der Waals surface area contributed by atoms with Crippen LogP contribution in [0.15, 0.2) is 54.6 Å². The van der Waals surface area contributed by atoms with Crippen LogP contribution in [0.2, 0.25) is 0 Å². The largest absolute Gasteiger partial charge is 0.452 e. The van der Waals surface area contributed by atoms with Gasteiger partial charge in [-0.1, -0.05) is 30.3 Å². The molecule has 0 N–H and O–H groups in total. The molecule has 0 bridgehead atoms. The number of halogens is 3. The molecule has 0 aromatic heterocycles. The summed E-state index contributed by atoms with van der Waals surface area (Å²) in [6.07, 6.45) is -1.50. The number of carbonyl (C=O) groups excluding carboxylic acids is 2. The predicted molar refractivity (Wildman–Crippen MR) is 93.9 cm³/mol. The number of ether oxygens (including phenoxy) is 1. The maximum absolute atomic E-state index is 12.7.